The molecule has 112 valence electrons. The van der Waals surface area contributed by atoms with E-state index in [1.165, 1.54) is 0 Å². The first kappa shape index (κ1) is 14.3. The van der Waals surface area contributed by atoms with E-state index in [0.29, 0.717) is 21.8 Å². The van der Waals surface area contributed by atoms with E-state index in [1.807, 2.05) is 38.1 Å². The Balaban J connectivity index is 2.62. The summed E-state index contributed by atoms with van der Waals surface area (Å²) >= 11 is 0. The Morgan fingerprint density at radius 1 is 1.00 bits per heavy atom. The van der Waals surface area contributed by atoms with E-state index in [1.54, 1.807) is 23.6 Å². The van der Waals surface area contributed by atoms with E-state index in [9.17, 15) is 14.7 Å². The summed E-state index contributed by atoms with van der Waals surface area (Å²) in [6.07, 6.45) is 0. The molecule has 0 aliphatic carbocycles. The maximum Gasteiger partial charge on any atom is 0.326 e. The molecule has 4 nitrogen and oxygen atoms in total. The van der Waals surface area contributed by atoms with Crippen LogP contribution in [0.2, 0.25) is 0 Å². The summed E-state index contributed by atoms with van der Waals surface area (Å²) in [7, 11) is 0. The summed E-state index contributed by atoms with van der Waals surface area (Å²) in [5.41, 5.74) is 3.25. The number of aromatic nitrogens is 1. The number of hydrogen-bond acceptors (Lipinski definition) is 2. The van der Waals surface area contributed by atoms with Crippen LogP contribution in [0.4, 0.5) is 0 Å². The number of carboxylic acid groups (broad SMARTS) is 1. The van der Waals surface area contributed by atoms with Gasteiger partial charge < -0.3 is 9.67 Å². The molecular weight excluding hydrogens is 278 g/mol. The average Bonchev–Trinajstić information content (AvgIpc) is 2.46. The molecule has 1 aromatic heterocycles. The summed E-state index contributed by atoms with van der Waals surface area (Å²) in [6, 6.07) is 10.3. The molecule has 1 N–H and O–H groups in total. The monoisotopic (exact) mass is 295 g/mol. The zero-order valence-electron chi connectivity index (χ0n) is 12.8. The molecule has 0 bridgehead atoms. The molecule has 0 spiro atoms. The molecule has 22 heavy (non-hydrogen) atoms. The Bertz CT molecular complexity index is 903. The van der Waals surface area contributed by atoms with Crippen LogP contribution in [0.15, 0.2) is 41.2 Å². The van der Waals surface area contributed by atoms with Gasteiger partial charge in [-0.25, -0.2) is 4.79 Å². The van der Waals surface area contributed by atoms with E-state index < -0.39 is 12.0 Å². The fourth-order valence-electron chi connectivity index (χ4n) is 2.87. The normalized spacial score (nSPS) is 12.7. The second-order valence-electron chi connectivity index (χ2n) is 5.75. The number of pyridine rings is 1. The number of aliphatic carboxylic acids is 1. The van der Waals surface area contributed by atoms with E-state index in [-0.39, 0.29) is 5.43 Å². The lowest BCUT2D eigenvalue weighted by atomic mass is 10.0. The first-order chi connectivity index (χ1) is 10.4. The standard InChI is InChI=1S/C18H17NO3/c1-10-4-6-13-15(8-10)19(12(3)18(21)22)16-9-11(2)5-7-14(16)17(13)20/h4-9,12H,1-3H3,(H,21,22)/t12-/m1/s1. The van der Waals surface area contributed by atoms with Gasteiger partial charge in [0, 0.05) is 10.8 Å². The molecule has 0 unspecified atom stereocenters. The molecule has 3 rings (SSSR count). The van der Waals surface area contributed by atoms with Crippen LogP contribution >= 0.6 is 0 Å². The van der Waals surface area contributed by atoms with Crippen molar-refractivity contribution in [3.8, 4) is 0 Å². The lowest BCUT2D eigenvalue weighted by molar-refractivity contribution is -0.140. The molecule has 4 heteroatoms. The van der Waals surface area contributed by atoms with Gasteiger partial charge in [-0.3, -0.25) is 4.79 Å². The molecular formula is C18H17NO3. The predicted octanol–water partition coefficient (Wildman–Crippen LogP) is 3.42. The van der Waals surface area contributed by atoms with Gasteiger partial charge in [-0.05, 0) is 56.2 Å². The fourth-order valence-corrected chi connectivity index (χ4v) is 2.87. The van der Waals surface area contributed by atoms with Crippen molar-refractivity contribution in [1.82, 2.24) is 4.57 Å². The Morgan fingerprint density at radius 2 is 1.45 bits per heavy atom. The highest BCUT2D eigenvalue weighted by atomic mass is 16.4. The number of carbonyl (C=O) groups is 1. The number of fused-ring (bicyclic) bond motifs is 2. The van der Waals surface area contributed by atoms with Gasteiger partial charge in [0.1, 0.15) is 6.04 Å². The minimum atomic E-state index is -0.922. The topological polar surface area (TPSA) is 59.3 Å². The highest BCUT2D eigenvalue weighted by molar-refractivity contribution is 5.95. The van der Waals surface area contributed by atoms with Gasteiger partial charge >= 0.3 is 5.97 Å². The fraction of sp³-hybridized carbons (Fsp3) is 0.222. The molecule has 0 fully saturated rings. The van der Waals surface area contributed by atoms with Crippen molar-refractivity contribution in [2.75, 3.05) is 0 Å². The van der Waals surface area contributed by atoms with Crippen LogP contribution in [-0.2, 0) is 4.79 Å². The van der Waals surface area contributed by atoms with Gasteiger partial charge in [0.15, 0.2) is 5.43 Å². The van der Waals surface area contributed by atoms with Gasteiger partial charge in [-0.2, -0.15) is 0 Å². The number of rotatable bonds is 2. The summed E-state index contributed by atoms with van der Waals surface area (Å²) in [6.45, 7) is 5.50. The molecule has 0 saturated heterocycles. The number of carboxylic acids is 1. The van der Waals surface area contributed by atoms with Crippen molar-refractivity contribution >= 4 is 27.8 Å². The smallest absolute Gasteiger partial charge is 0.326 e. The molecule has 1 heterocycles. The van der Waals surface area contributed by atoms with E-state index >= 15 is 0 Å². The van der Waals surface area contributed by atoms with Crippen molar-refractivity contribution in [2.45, 2.75) is 26.8 Å². The summed E-state index contributed by atoms with van der Waals surface area (Å²) in [5, 5.41) is 10.6. The zero-order chi connectivity index (χ0) is 16.0. The molecule has 0 radical (unpaired) electrons. The number of aryl methyl sites for hydroxylation is 2. The minimum absolute atomic E-state index is 0.0566. The molecule has 0 amide bonds. The molecule has 1 atom stereocenters. The van der Waals surface area contributed by atoms with Gasteiger partial charge in [-0.15, -0.1) is 0 Å². The highest BCUT2D eigenvalue weighted by Crippen LogP contribution is 2.25. The van der Waals surface area contributed by atoms with Crippen LogP contribution in [0, 0.1) is 13.8 Å². The minimum Gasteiger partial charge on any atom is -0.480 e. The maximum atomic E-state index is 12.7. The Labute approximate surface area is 127 Å². The average molecular weight is 295 g/mol. The van der Waals surface area contributed by atoms with Gasteiger partial charge in [0.25, 0.3) is 0 Å². The quantitative estimate of drug-likeness (QED) is 0.737. The Morgan fingerprint density at radius 3 is 1.86 bits per heavy atom. The van der Waals surface area contributed by atoms with Crippen molar-refractivity contribution in [2.24, 2.45) is 0 Å². The third-order valence-electron chi connectivity index (χ3n) is 4.06. The Hall–Kier alpha value is -2.62. The molecule has 0 aliphatic rings. The van der Waals surface area contributed by atoms with E-state index in [4.69, 9.17) is 0 Å². The van der Waals surface area contributed by atoms with Crippen LogP contribution in [-0.4, -0.2) is 15.6 Å². The van der Waals surface area contributed by atoms with Gasteiger partial charge in [0.2, 0.25) is 0 Å². The first-order valence-corrected chi connectivity index (χ1v) is 7.18. The summed E-state index contributed by atoms with van der Waals surface area (Å²) in [5.74, 6) is -0.922. The third kappa shape index (κ3) is 2.08. The van der Waals surface area contributed by atoms with Crippen LogP contribution in [0.5, 0.6) is 0 Å². The maximum absolute atomic E-state index is 12.7. The predicted molar refractivity (Wildman–Crippen MR) is 87.5 cm³/mol. The van der Waals surface area contributed by atoms with Gasteiger partial charge in [-0.1, -0.05) is 12.1 Å². The zero-order valence-corrected chi connectivity index (χ0v) is 12.8. The summed E-state index contributed by atoms with van der Waals surface area (Å²) < 4.78 is 1.74. The Kier molecular flexibility index (Phi) is 3.24. The van der Waals surface area contributed by atoms with Crippen LogP contribution < -0.4 is 5.43 Å². The third-order valence-corrected chi connectivity index (χ3v) is 4.06. The van der Waals surface area contributed by atoms with Crippen molar-refractivity contribution in [1.29, 1.82) is 0 Å². The van der Waals surface area contributed by atoms with Crippen molar-refractivity contribution in [3.05, 3.63) is 57.7 Å². The summed E-state index contributed by atoms with van der Waals surface area (Å²) in [4.78, 5) is 24.2. The molecule has 2 aromatic carbocycles. The lowest BCUT2D eigenvalue weighted by Gasteiger charge is -2.19. The second kappa shape index (κ2) is 4.98. The van der Waals surface area contributed by atoms with Gasteiger partial charge in [0.05, 0.1) is 11.0 Å². The molecule has 0 aliphatic heterocycles. The SMILES string of the molecule is Cc1ccc2c(=O)c3ccc(C)cc3n([C@H](C)C(=O)O)c2c1. The largest absolute Gasteiger partial charge is 0.480 e. The number of benzene rings is 2. The molecule has 0 saturated carbocycles. The van der Waals surface area contributed by atoms with Crippen LogP contribution in [0.1, 0.15) is 24.1 Å². The highest BCUT2D eigenvalue weighted by Gasteiger charge is 2.19. The lowest BCUT2D eigenvalue weighted by Crippen LogP contribution is -2.20. The number of hydrogen-bond donors (Lipinski definition) is 1. The van der Waals surface area contributed by atoms with Crippen LogP contribution in [0.25, 0.3) is 21.8 Å². The van der Waals surface area contributed by atoms with E-state index in [0.717, 1.165) is 11.1 Å². The van der Waals surface area contributed by atoms with Crippen molar-refractivity contribution < 1.29 is 9.90 Å². The first-order valence-electron chi connectivity index (χ1n) is 7.18. The molecule has 3 aromatic rings. The van der Waals surface area contributed by atoms with E-state index in [2.05, 4.69) is 0 Å². The number of nitrogens with zero attached hydrogens (tertiary/aromatic N) is 1. The van der Waals surface area contributed by atoms with Crippen LogP contribution in [0.3, 0.4) is 0 Å². The second-order valence-corrected chi connectivity index (χ2v) is 5.75. The van der Waals surface area contributed by atoms with Crippen molar-refractivity contribution in [3.63, 3.8) is 0 Å².